The monoisotopic (exact) mass is 392 g/mol. The third kappa shape index (κ3) is 4.87. The third-order valence-electron chi connectivity index (χ3n) is 4.60. The summed E-state index contributed by atoms with van der Waals surface area (Å²) >= 11 is 0. The molecule has 3 rings (SSSR count). The van der Waals surface area contributed by atoms with Crippen molar-refractivity contribution in [1.29, 1.82) is 0 Å². The molecule has 2 amide bonds. The van der Waals surface area contributed by atoms with Gasteiger partial charge in [-0.3, -0.25) is 19.4 Å². The maximum atomic E-state index is 12.7. The highest BCUT2D eigenvalue weighted by atomic mass is 16.2. The second kappa shape index (κ2) is 9.14. The van der Waals surface area contributed by atoms with Crippen LogP contribution >= 0.6 is 0 Å². The van der Waals surface area contributed by atoms with Gasteiger partial charge in [-0.2, -0.15) is 5.10 Å². The highest BCUT2D eigenvalue weighted by Crippen LogP contribution is 2.25. The molecule has 0 radical (unpaired) electrons. The number of nitrogens with one attached hydrogen (secondary N) is 2. The molecule has 0 fully saturated rings. The van der Waals surface area contributed by atoms with Crippen LogP contribution in [0.2, 0.25) is 0 Å². The molecule has 29 heavy (non-hydrogen) atoms. The highest BCUT2D eigenvalue weighted by Gasteiger charge is 2.34. The van der Waals surface area contributed by atoms with E-state index >= 15 is 0 Å². The van der Waals surface area contributed by atoms with E-state index in [1.165, 1.54) is 6.92 Å². The Labute approximate surface area is 169 Å². The summed E-state index contributed by atoms with van der Waals surface area (Å²) < 4.78 is 0. The van der Waals surface area contributed by atoms with Crippen molar-refractivity contribution in [3.63, 3.8) is 0 Å². The molecule has 0 saturated carbocycles. The molecule has 2 aromatic carbocycles. The fraction of sp³-hybridized carbons (Fsp3) is 0.273. The van der Waals surface area contributed by atoms with Crippen molar-refractivity contribution in [3.05, 3.63) is 60.2 Å². The maximum Gasteiger partial charge on any atom is 0.271 e. The maximum absolute atomic E-state index is 12.7. The van der Waals surface area contributed by atoms with Crippen LogP contribution in [0.5, 0.6) is 0 Å². The van der Waals surface area contributed by atoms with Gasteiger partial charge in [0, 0.05) is 24.2 Å². The summed E-state index contributed by atoms with van der Waals surface area (Å²) in [5.41, 5.74) is 2.14. The molecule has 1 atom stereocenters. The van der Waals surface area contributed by atoms with Gasteiger partial charge in [0.2, 0.25) is 0 Å². The van der Waals surface area contributed by atoms with Crippen LogP contribution in [0.1, 0.15) is 37.0 Å². The molecular formula is C22H24N4O3. The van der Waals surface area contributed by atoms with Crippen LogP contribution in [0.4, 0.5) is 11.4 Å². The van der Waals surface area contributed by atoms with Crippen LogP contribution in [0.15, 0.2) is 59.7 Å². The predicted molar refractivity (Wildman–Crippen MR) is 113 cm³/mol. The molecule has 7 nitrogen and oxygen atoms in total. The Morgan fingerprint density at radius 1 is 1.03 bits per heavy atom. The molecule has 1 unspecified atom stereocenters. The number of hydrogen-bond donors (Lipinski definition) is 2. The number of nitrogens with zero attached hydrogens (tertiary/aromatic N) is 2. The van der Waals surface area contributed by atoms with Gasteiger partial charge in [0.25, 0.3) is 11.8 Å². The molecule has 1 aliphatic rings. The standard InChI is InChI=1S/C22H24N4O3/c1-3-13-23-21(28)16-9-11-17(12-10-16)24-22(29)19-14-20(15(2)27)26(25-19)18-7-5-4-6-8-18/h4-12,20H,3,13-14H2,1-2H3,(H,23,28)(H,24,29). The molecule has 1 aliphatic heterocycles. The average Bonchev–Trinajstić information content (AvgIpc) is 3.19. The Hall–Kier alpha value is -3.48. The third-order valence-corrected chi connectivity index (χ3v) is 4.60. The summed E-state index contributed by atoms with van der Waals surface area (Å²) in [6.45, 7) is 4.10. The van der Waals surface area contributed by atoms with Gasteiger partial charge in [0.15, 0.2) is 5.78 Å². The lowest BCUT2D eigenvalue weighted by atomic mass is 10.1. The number of anilines is 2. The van der Waals surface area contributed by atoms with Gasteiger partial charge in [-0.25, -0.2) is 0 Å². The molecule has 0 spiro atoms. The van der Waals surface area contributed by atoms with Gasteiger partial charge in [-0.15, -0.1) is 0 Å². The molecule has 7 heteroatoms. The normalized spacial score (nSPS) is 15.6. The molecule has 0 saturated heterocycles. The van der Waals surface area contributed by atoms with E-state index in [0.717, 1.165) is 12.1 Å². The number of hydrogen-bond acceptors (Lipinski definition) is 5. The minimum atomic E-state index is -0.497. The van der Waals surface area contributed by atoms with E-state index in [2.05, 4.69) is 15.7 Å². The number of hydrazone groups is 1. The summed E-state index contributed by atoms with van der Waals surface area (Å²) in [7, 11) is 0. The Bertz CT molecular complexity index is 923. The van der Waals surface area contributed by atoms with Crippen LogP contribution in [0.25, 0.3) is 0 Å². The largest absolute Gasteiger partial charge is 0.352 e. The average molecular weight is 392 g/mol. The lowest BCUT2D eigenvalue weighted by molar-refractivity contribution is -0.118. The van der Waals surface area contributed by atoms with E-state index in [1.54, 1.807) is 29.3 Å². The first-order chi connectivity index (χ1) is 14.0. The Balaban J connectivity index is 1.70. The van der Waals surface area contributed by atoms with Crippen molar-refractivity contribution in [2.75, 3.05) is 16.9 Å². The van der Waals surface area contributed by atoms with Gasteiger partial charge in [0.1, 0.15) is 11.8 Å². The zero-order valence-corrected chi connectivity index (χ0v) is 16.5. The zero-order chi connectivity index (χ0) is 20.8. The van der Waals surface area contributed by atoms with Gasteiger partial charge in [-0.05, 0) is 49.7 Å². The fourth-order valence-electron chi connectivity index (χ4n) is 3.03. The number of rotatable bonds is 7. The lowest BCUT2D eigenvalue weighted by Crippen LogP contribution is -2.33. The molecule has 2 aromatic rings. The second-order valence-corrected chi connectivity index (χ2v) is 6.84. The topological polar surface area (TPSA) is 90.9 Å². The minimum absolute atomic E-state index is 0.0529. The van der Waals surface area contributed by atoms with Crippen LogP contribution in [-0.2, 0) is 9.59 Å². The van der Waals surface area contributed by atoms with E-state index in [-0.39, 0.29) is 24.0 Å². The number of Topliss-reactive ketones (excluding diaryl/α,β-unsaturated/α-hetero) is 1. The van der Waals surface area contributed by atoms with Crippen molar-refractivity contribution in [2.24, 2.45) is 5.10 Å². The molecule has 2 N–H and O–H groups in total. The zero-order valence-electron chi connectivity index (χ0n) is 16.5. The SMILES string of the molecule is CCCNC(=O)c1ccc(NC(=O)C2=NN(c3ccccc3)C(C(C)=O)C2)cc1. The first kappa shape index (κ1) is 20.3. The number of ketones is 1. The van der Waals surface area contributed by atoms with Gasteiger partial charge >= 0.3 is 0 Å². The van der Waals surface area contributed by atoms with E-state index in [9.17, 15) is 14.4 Å². The number of amides is 2. The van der Waals surface area contributed by atoms with Crippen LogP contribution in [-0.4, -0.2) is 35.9 Å². The highest BCUT2D eigenvalue weighted by molar-refractivity contribution is 6.44. The Kier molecular flexibility index (Phi) is 6.39. The lowest BCUT2D eigenvalue weighted by Gasteiger charge is -2.20. The van der Waals surface area contributed by atoms with Gasteiger partial charge in [0.05, 0.1) is 5.69 Å². The number of para-hydroxylation sites is 1. The van der Waals surface area contributed by atoms with Crippen molar-refractivity contribution < 1.29 is 14.4 Å². The van der Waals surface area contributed by atoms with Crippen LogP contribution in [0, 0.1) is 0 Å². The minimum Gasteiger partial charge on any atom is -0.352 e. The molecule has 0 bridgehead atoms. The summed E-state index contributed by atoms with van der Waals surface area (Å²) in [5, 5.41) is 11.6. The number of benzene rings is 2. The van der Waals surface area contributed by atoms with Crippen molar-refractivity contribution in [1.82, 2.24) is 5.32 Å². The molecule has 1 heterocycles. The van der Waals surface area contributed by atoms with E-state index in [1.807, 2.05) is 37.3 Å². The van der Waals surface area contributed by atoms with E-state index < -0.39 is 6.04 Å². The molecular weight excluding hydrogens is 368 g/mol. The Morgan fingerprint density at radius 3 is 2.34 bits per heavy atom. The van der Waals surface area contributed by atoms with Gasteiger partial charge < -0.3 is 10.6 Å². The predicted octanol–water partition coefficient (Wildman–Crippen LogP) is 2.99. The smallest absolute Gasteiger partial charge is 0.271 e. The van der Waals surface area contributed by atoms with Crippen LogP contribution < -0.4 is 15.6 Å². The van der Waals surface area contributed by atoms with E-state index in [4.69, 9.17) is 0 Å². The second-order valence-electron chi connectivity index (χ2n) is 6.84. The molecule has 0 aliphatic carbocycles. The molecule has 0 aromatic heterocycles. The first-order valence-electron chi connectivity index (χ1n) is 9.61. The number of carbonyl (C=O) groups is 3. The van der Waals surface area contributed by atoms with Crippen molar-refractivity contribution in [3.8, 4) is 0 Å². The van der Waals surface area contributed by atoms with Crippen molar-refractivity contribution in [2.45, 2.75) is 32.7 Å². The summed E-state index contributed by atoms with van der Waals surface area (Å²) in [5.74, 6) is -0.562. The van der Waals surface area contributed by atoms with E-state index in [0.29, 0.717) is 23.5 Å². The Morgan fingerprint density at radius 2 is 1.72 bits per heavy atom. The molecule has 150 valence electrons. The summed E-state index contributed by atoms with van der Waals surface area (Å²) in [6.07, 6.45) is 1.11. The van der Waals surface area contributed by atoms with Crippen molar-refractivity contribution >= 4 is 34.7 Å². The fourth-order valence-corrected chi connectivity index (χ4v) is 3.03. The number of carbonyl (C=O) groups excluding carboxylic acids is 3. The first-order valence-corrected chi connectivity index (χ1v) is 9.61. The summed E-state index contributed by atoms with van der Waals surface area (Å²) in [6, 6.07) is 15.5. The quantitative estimate of drug-likeness (QED) is 0.758. The summed E-state index contributed by atoms with van der Waals surface area (Å²) in [4.78, 5) is 36.7. The van der Waals surface area contributed by atoms with Crippen LogP contribution in [0.3, 0.4) is 0 Å². The van der Waals surface area contributed by atoms with Gasteiger partial charge in [-0.1, -0.05) is 25.1 Å².